The highest BCUT2D eigenvalue weighted by atomic mass is 19.1. The van der Waals surface area contributed by atoms with Crippen molar-refractivity contribution >= 4 is 11.6 Å². The zero-order chi connectivity index (χ0) is 20.9. The molecule has 0 saturated heterocycles. The van der Waals surface area contributed by atoms with E-state index in [1.165, 1.54) is 6.07 Å². The predicted octanol–water partition coefficient (Wildman–Crippen LogP) is 1.91. The first-order valence-corrected chi connectivity index (χ1v) is 8.80. The lowest BCUT2D eigenvalue weighted by Crippen LogP contribution is -2.62. The van der Waals surface area contributed by atoms with Gasteiger partial charge in [0.15, 0.2) is 12.1 Å². The smallest absolute Gasteiger partial charge is 0.159 e. The average molecular weight is 404 g/mol. The summed E-state index contributed by atoms with van der Waals surface area (Å²) in [5.74, 6) is -1.45. The maximum atomic E-state index is 14.4. The molecule has 3 unspecified atom stereocenters. The molecule has 0 aromatic carbocycles. The summed E-state index contributed by atoms with van der Waals surface area (Å²) in [6.07, 6.45) is 3.47. The maximum Gasteiger partial charge on any atom is 0.159 e. The topological polar surface area (TPSA) is 102 Å². The van der Waals surface area contributed by atoms with Crippen molar-refractivity contribution in [3.63, 3.8) is 0 Å². The molecule has 1 aliphatic rings. The number of fused-ring (bicyclic) bond motifs is 1. The Morgan fingerprint density at radius 1 is 1.03 bits per heavy atom. The third-order valence-corrected chi connectivity index (χ3v) is 4.90. The summed E-state index contributed by atoms with van der Waals surface area (Å²) in [5.41, 5.74) is 13.2. The molecule has 0 amide bonds. The Morgan fingerprint density at radius 3 is 2.38 bits per heavy atom. The van der Waals surface area contributed by atoms with Crippen LogP contribution in [0, 0.1) is 17.5 Å². The first-order chi connectivity index (χ1) is 13.8. The SMILES string of the molecule is CC(c1ncc(F)cc1F)N1c2ncc(F)cc2C(N)N(c2cn(C)cn2)C1N. The van der Waals surface area contributed by atoms with E-state index < -0.39 is 35.9 Å². The molecule has 4 rings (SSSR count). The Bertz CT molecular complexity index is 1060. The second kappa shape index (κ2) is 7.01. The van der Waals surface area contributed by atoms with Gasteiger partial charge in [-0.15, -0.1) is 0 Å². The number of pyridine rings is 2. The second-order valence-electron chi connectivity index (χ2n) is 6.83. The zero-order valence-electron chi connectivity index (χ0n) is 15.7. The number of imidazole rings is 1. The first-order valence-electron chi connectivity index (χ1n) is 8.80. The summed E-state index contributed by atoms with van der Waals surface area (Å²) < 4.78 is 43.4. The molecule has 0 aliphatic carbocycles. The van der Waals surface area contributed by atoms with Crippen LogP contribution in [-0.2, 0) is 7.05 Å². The summed E-state index contributed by atoms with van der Waals surface area (Å²) in [5, 5.41) is 0. The Hall–Kier alpha value is -3.18. The highest BCUT2D eigenvalue weighted by molar-refractivity contribution is 5.60. The minimum atomic E-state index is -0.924. The van der Waals surface area contributed by atoms with Gasteiger partial charge in [0.25, 0.3) is 0 Å². The van der Waals surface area contributed by atoms with Gasteiger partial charge >= 0.3 is 0 Å². The monoisotopic (exact) mass is 404 g/mol. The van der Waals surface area contributed by atoms with Gasteiger partial charge < -0.3 is 20.1 Å². The number of hydrogen-bond donors (Lipinski definition) is 2. The van der Waals surface area contributed by atoms with Crippen molar-refractivity contribution in [1.82, 2.24) is 19.5 Å². The van der Waals surface area contributed by atoms with Crippen molar-refractivity contribution in [1.29, 1.82) is 0 Å². The number of nitrogens with zero attached hydrogens (tertiary/aromatic N) is 6. The Labute approximate surface area is 164 Å². The van der Waals surface area contributed by atoms with Gasteiger partial charge in [-0.2, -0.15) is 0 Å². The van der Waals surface area contributed by atoms with Gasteiger partial charge in [-0.3, -0.25) is 10.7 Å². The molecule has 0 radical (unpaired) electrons. The van der Waals surface area contributed by atoms with E-state index in [-0.39, 0.29) is 11.5 Å². The van der Waals surface area contributed by atoms with E-state index in [4.69, 9.17) is 11.5 Å². The molecule has 0 fully saturated rings. The van der Waals surface area contributed by atoms with E-state index in [0.29, 0.717) is 11.4 Å². The molecule has 8 nitrogen and oxygen atoms in total. The number of aryl methyl sites for hydroxylation is 1. The van der Waals surface area contributed by atoms with Crippen LogP contribution in [-0.4, -0.2) is 25.8 Å². The fraction of sp³-hybridized carbons (Fsp3) is 0.278. The Kier molecular flexibility index (Phi) is 4.63. The molecule has 152 valence electrons. The van der Waals surface area contributed by atoms with E-state index >= 15 is 0 Å². The summed E-state index contributed by atoms with van der Waals surface area (Å²) in [7, 11) is 1.78. The first kappa shape index (κ1) is 19.2. The molecular formula is C18H19F3N8. The lowest BCUT2D eigenvalue weighted by atomic mass is 10.1. The van der Waals surface area contributed by atoms with Crippen molar-refractivity contribution < 1.29 is 13.2 Å². The minimum absolute atomic E-state index is 0.0321. The van der Waals surface area contributed by atoms with Gasteiger partial charge in [-0.05, 0) is 13.0 Å². The van der Waals surface area contributed by atoms with Crippen LogP contribution >= 0.6 is 0 Å². The average Bonchev–Trinajstić information content (AvgIpc) is 3.08. The summed E-state index contributed by atoms with van der Waals surface area (Å²) in [6.45, 7) is 1.64. The quantitative estimate of drug-likeness (QED) is 0.688. The summed E-state index contributed by atoms with van der Waals surface area (Å²) >= 11 is 0. The fourth-order valence-corrected chi connectivity index (χ4v) is 3.54. The lowest BCUT2D eigenvalue weighted by molar-refractivity contribution is 0.425. The minimum Gasteiger partial charge on any atom is -0.338 e. The molecule has 0 bridgehead atoms. The van der Waals surface area contributed by atoms with Crippen molar-refractivity contribution in [2.24, 2.45) is 18.5 Å². The molecule has 4 heterocycles. The van der Waals surface area contributed by atoms with Crippen LogP contribution in [0.15, 0.2) is 37.1 Å². The van der Waals surface area contributed by atoms with Crippen molar-refractivity contribution in [2.45, 2.75) is 25.4 Å². The van der Waals surface area contributed by atoms with Crippen LogP contribution in [0.2, 0.25) is 0 Å². The van der Waals surface area contributed by atoms with Crippen LogP contribution in [0.5, 0.6) is 0 Å². The zero-order valence-corrected chi connectivity index (χ0v) is 15.7. The summed E-state index contributed by atoms with van der Waals surface area (Å²) in [6, 6.07) is 1.24. The largest absolute Gasteiger partial charge is 0.338 e. The van der Waals surface area contributed by atoms with Gasteiger partial charge in [-0.25, -0.2) is 23.1 Å². The van der Waals surface area contributed by atoms with Crippen molar-refractivity contribution in [2.75, 3.05) is 9.80 Å². The third-order valence-electron chi connectivity index (χ3n) is 4.90. The number of halogens is 3. The van der Waals surface area contributed by atoms with Gasteiger partial charge in [0.1, 0.15) is 29.4 Å². The summed E-state index contributed by atoms with van der Waals surface area (Å²) in [4.78, 5) is 15.4. The normalized spacial score (nSPS) is 20.0. The molecule has 0 saturated carbocycles. The lowest BCUT2D eigenvalue weighted by Gasteiger charge is -2.48. The maximum absolute atomic E-state index is 14.4. The highest BCUT2D eigenvalue weighted by Gasteiger charge is 2.41. The molecule has 3 atom stereocenters. The van der Waals surface area contributed by atoms with E-state index in [9.17, 15) is 13.2 Å². The fourth-order valence-electron chi connectivity index (χ4n) is 3.54. The Balaban J connectivity index is 1.86. The number of anilines is 2. The molecule has 3 aromatic rings. The molecule has 11 heteroatoms. The van der Waals surface area contributed by atoms with Crippen LogP contribution < -0.4 is 21.3 Å². The van der Waals surface area contributed by atoms with Crippen LogP contribution in [0.25, 0.3) is 0 Å². The van der Waals surface area contributed by atoms with E-state index in [1.807, 2.05) is 0 Å². The highest BCUT2D eigenvalue weighted by Crippen LogP contribution is 2.40. The van der Waals surface area contributed by atoms with Crippen LogP contribution in [0.3, 0.4) is 0 Å². The Morgan fingerprint density at radius 2 is 1.72 bits per heavy atom. The van der Waals surface area contributed by atoms with Gasteiger partial charge in [0, 0.05) is 24.9 Å². The molecule has 0 spiro atoms. The van der Waals surface area contributed by atoms with E-state index in [2.05, 4.69) is 15.0 Å². The second-order valence-corrected chi connectivity index (χ2v) is 6.83. The van der Waals surface area contributed by atoms with Crippen molar-refractivity contribution in [3.8, 4) is 0 Å². The van der Waals surface area contributed by atoms with Gasteiger partial charge in [0.2, 0.25) is 0 Å². The number of hydrogen-bond acceptors (Lipinski definition) is 7. The predicted molar refractivity (Wildman–Crippen MR) is 99.8 cm³/mol. The molecule has 1 aliphatic heterocycles. The standard InChI is InChI=1S/C18H19F3N8/c1-9(15-13(21)4-11(20)5-24-15)28-17-12(3-10(19)6-25-17)16(22)29(18(28)23)14-7-27(2)8-26-14/h3-9,16,18H,22-23H2,1-2H3. The molecule has 4 N–H and O–H groups in total. The van der Waals surface area contributed by atoms with Crippen molar-refractivity contribution in [3.05, 3.63) is 65.8 Å². The third kappa shape index (κ3) is 3.17. The number of nitrogens with two attached hydrogens (primary N) is 2. The number of aromatic nitrogens is 4. The molecular weight excluding hydrogens is 385 g/mol. The van der Waals surface area contributed by atoms with Crippen LogP contribution in [0.1, 0.15) is 30.4 Å². The van der Waals surface area contributed by atoms with Gasteiger partial charge in [-0.1, -0.05) is 0 Å². The van der Waals surface area contributed by atoms with E-state index in [0.717, 1.165) is 18.5 Å². The van der Waals surface area contributed by atoms with Gasteiger partial charge in [0.05, 0.1) is 30.5 Å². The molecule has 29 heavy (non-hydrogen) atoms. The molecule has 3 aromatic heterocycles. The number of rotatable bonds is 3. The van der Waals surface area contributed by atoms with E-state index in [1.54, 1.807) is 40.9 Å². The van der Waals surface area contributed by atoms with Crippen LogP contribution in [0.4, 0.5) is 24.8 Å².